The molecule has 3 aromatic carbocycles. The van der Waals surface area contributed by atoms with Gasteiger partial charge in [-0.2, -0.15) is 0 Å². The van der Waals surface area contributed by atoms with E-state index in [1.807, 2.05) is 6.07 Å². The zero-order valence-electron chi connectivity index (χ0n) is 17.3. The lowest BCUT2D eigenvalue weighted by atomic mass is 10.1. The van der Waals surface area contributed by atoms with Gasteiger partial charge in [0.2, 0.25) is 0 Å². The Morgan fingerprint density at radius 2 is 1.42 bits per heavy atom. The van der Waals surface area contributed by atoms with Gasteiger partial charge in [0.25, 0.3) is 17.7 Å². The molecule has 4 N–H and O–H groups in total. The Hall–Kier alpha value is -3.76. The normalized spacial score (nSPS) is 10.0. The van der Waals surface area contributed by atoms with Crippen LogP contribution in [-0.4, -0.2) is 29.9 Å². The molecule has 3 rings (SSSR count). The molecule has 0 atom stereocenters. The molecule has 0 aliphatic rings. The fourth-order valence-electron chi connectivity index (χ4n) is 2.70. The number of hydrogen-bond donors (Lipinski definition) is 4. The highest BCUT2D eigenvalue weighted by Gasteiger charge is 2.12. The first-order chi connectivity index (χ1) is 15.9. The number of nitrogens with one attached hydrogen (secondary N) is 4. The second kappa shape index (κ2) is 11.2. The molecule has 0 bridgehead atoms. The van der Waals surface area contributed by atoms with Crippen molar-refractivity contribution >= 4 is 56.7 Å². The van der Waals surface area contributed by atoms with E-state index in [0.29, 0.717) is 32.6 Å². The van der Waals surface area contributed by atoms with E-state index >= 15 is 0 Å². The molecule has 0 saturated carbocycles. The molecule has 8 nitrogen and oxygen atoms in total. The van der Waals surface area contributed by atoms with Crippen molar-refractivity contribution < 1.29 is 19.1 Å². The van der Waals surface area contributed by atoms with Gasteiger partial charge in [0.1, 0.15) is 5.75 Å². The van der Waals surface area contributed by atoms with E-state index in [1.54, 1.807) is 66.7 Å². The standard InChI is InChI=1S/C23H19BrN4O4S/c1-32-19-12-9-16(13-18(19)24)21(30)26-23(33)28-27-22(31)15-7-10-17(11-8-15)25-20(29)14-5-3-2-4-6-14/h2-13H,1H3,(H,25,29)(H,27,31)(H2,26,28,30,33). The maximum atomic E-state index is 12.3. The minimum Gasteiger partial charge on any atom is -0.496 e. The third-order valence-corrected chi connectivity index (χ3v) is 5.20. The lowest BCUT2D eigenvalue weighted by molar-refractivity contribution is 0.0934. The summed E-state index contributed by atoms with van der Waals surface area (Å²) in [5.74, 6) is -0.590. The number of amides is 3. The largest absolute Gasteiger partial charge is 0.496 e. The summed E-state index contributed by atoms with van der Waals surface area (Å²) >= 11 is 8.37. The number of benzene rings is 3. The van der Waals surface area contributed by atoms with E-state index in [0.717, 1.165) is 0 Å². The van der Waals surface area contributed by atoms with Crippen LogP contribution < -0.4 is 26.2 Å². The smallest absolute Gasteiger partial charge is 0.269 e. The predicted molar refractivity (Wildman–Crippen MR) is 132 cm³/mol. The van der Waals surface area contributed by atoms with Gasteiger partial charge in [-0.25, -0.2) is 0 Å². The first-order valence-corrected chi connectivity index (χ1v) is 10.8. The molecule has 33 heavy (non-hydrogen) atoms. The maximum Gasteiger partial charge on any atom is 0.269 e. The van der Waals surface area contributed by atoms with E-state index in [1.165, 1.54) is 7.11 Å². The van der Waals surface area contributed by atoms with E-state index < -0.39 is 11.8 Å². The highest BCUT2D eigenvalue weighted by Crippen LogP contribution is 2.25. The first-order valence-electron chi connectivity index (χ1n) is 9.59. The van der Waals surface area contributed by atoms with Crippen LogP contribution in [0.4, 0.5) is 5.69 Å². The highest BCUT2D eigenvalue weighted by atomic mass is 79.9. The van der Waals surface area contributed by atoms with Crippen molar-refractivity contribution in [3.05, 3.63) is 94.0 Å². The number of methoxy groups -OCH3 is 1. The SMILES string of the molecule is COc1ccc(C(=O)NC(=S)NNC(=O)c2ccc(NC(=O)c3ccccc3)cc2)cc1Br. The fraction of sp³-hybridized carbons (Fsp3) is 0.0435. The van der Waals surface area contributed by atoms with E-state index in [-0.39, 0.29) is 11.0 Å². The predicted octanol–water partition coefficient (Wildman–Crippen LogP) is 3.66. The van der Waals surface area contributed by atoms with Crippen molar-refractivity contribution in [1.82, 2.24) is 16.2 Å². The molecule has 3 amide bonds. The van der Waals surface area contributed by atoms with Crippen molar-refractivity contribution in [3.8, 4) is 5.75 Å². The fourth-order valence-corrected chi connectivity index (χ4v) is 3.38. The topological polar surface area (TPSA) is 109 Å². The van der Waals surface area contributed by atoms with Gasteiger partial charge in [-0.05, 0) is 82.7 Å². The molecule has 0 spiro atoms. The monoisotopic (exact) mass is 526 g/mol. The first kappa shape index (κ1) is 23.9. The summed E-state index contributed by atoms with van der Waals surface area (Å²) in [4.78, 5) is 36.8. The van der Waals surface area contributed by atoms with Crippen molar-refractivity contribution in [1.29, 1.82) is 0 Å². The molecule has 0 saturated heterocycles. The molecule has 0 aliphatic carbocycles. The summed E-state index contributed by atoms with van der Waals surface area (Å²) < 4.78 is 5.75. The number of hydrogen-bond acceptors (Lipinski definition) is 5. The molecule has 168 valence electrons. The van der Waals surface area contributed by atoms with Crippen LogP contribution in [0.3, 0.4) is 0 Å². The Morgan fingerprint density at radius 3 is 2.06 bits per heavy atom. The van der Waals surface area contributed by atoms with Gasteiger partial charge in [-0.3, -0.25) is 30.6 Å². The van der Waals surface area contributed by atoms with Gasteiger partial charge in [0.15, 0.2) is 5.11 Å². The third kappa shape index (κ3) is 6.61. The molecule has 0 heterocycles. The Balaban J connectivity index is 1.49. The summed E-state index contributed by atoms with van der Waals surface area (Å²) in [5.41, 5.74) is 6.64. The average molecular weight is 527 g/mol. The minimum atomic E-state index is -0.472. The number of ether oxygens (including phenoxy) is 1. The van der Waals surface area contributed by atoms with Gasteiger partial charge in [-0.15, -0.1) is 0 Å². The highest BCUT2D eigenvalue weighted by molar-refractivity contribution is 9.10. The molecule has 0 fully saturated rings. The molecular formula is C23H19BrN4O4S. The Bertz CT molecular complexity index is 1190. The number of carbonyl (C=O) groups excluding carboxylic acids is 3. The van der Waals surface area contributed by atoms with Crippen LogP contribution in [0.15, 0.2) is 77.3 Å². The second-order valence-corrected chi connectivity index (χ2v) is 7.87. The third-order valence-electron chi connectivity index (χ3n) is 4.37. The van der Waals surface area contributed by atoms with Crippen LogP contribution in [0.5, 0.6) is 5.75 Å². The average Bonchev–Trinajstić information content (AvgIpc) is 2.83. The molecule has 10 heteroatoms. The Labute approximate surface area is 203 Å². The number of thiocarbonyl (C=S) groups is 1. The van der Waals surface area contributed by atoms with Crippen LogP contribution in [0, 0.1) is 0 Å². The van der Waals surface area contributed by atoms with Crippen LogP contribution in [0.25, 0.3) is 0 Å². The number of anilines is 1. The van der Waals surface area contributed by atoms with Gasteiger partial charge >= 0.3 is 0 Å². The van der Waals surface area contributed by atoms with Crippen molar-refractivity contribution in [2.24, 2.45) is 0 Å². The molecular weight excluding hydrogens is 508 g/mol. The molecule has 0 aliphatic heterocycles. The van der Waals surface area contributed by atoms with Crippen LogP contribution in [-0.2, 0) is 0 Å². The summed E-state index contributed by atoms with van der Waals surface area (Å²) in [5, 5.41) is 5.15. The zero-order chi connectivity index (χ0) is 23.8. The lowest BCUT2D eigenvalue weighted by Gasteiger charge is -2.12. The number of hydrazine groups is 1. The van der Waals surface area contributed by atoms with E-state index in [9.17, 15) is 14.4 Å². The van der Waals surface area contributed by atoms with Crippen LogP contribution in [0.2, 0.25) is 0 Å². The number of rotatable bonds is 5. The van der Waals surface area contributed by atoms with E-state index in [4.69, 9.17) is 17.0 Å². The quantitative estimate of drug-likeness (QED) is 0.298. The Morgan fingerprint density at radius 1 is 0.788 bits per heavy atom. The van der Waals surface area contributed by atoms with Gasteiger partial charge in [0.05, 0.1) is 11.6 Å². The van der Waals surface area contributed by atoms with Crippen molar-refractivity contribution in [3.63, 3.8) is 0 Å². The zero-order valence-corrected chi connectivity index (χ0v) is 19.7. The Kier molecular flexibility index (Phi) is 8.11. The van der Waals surface area contributed by atoms with Gasteiger partial charge < -0.3 is 10.1 Å². The van der Waals surface area contributed by atoms with E-state index in [2.05, 4.69) is 37.4 Å². The lowest BCUT2D eigenvalue weighted by Crippen LogP contribution is -2.48. The molecule has 0 radical (unpaired) electrons. The molecule has 3 aromatic rings. The summed E-state index contributed by atoms with van der Waals surface area (Å²) in [7, 11) is 1.52. The summed E-state index contributed by atoms with van der Waals surface area (Å²) in [6.45, 7) is 0. The molecule has 0 unspecified atom stereocenters. The number of halogens is 1. The van der Waals surface area contributed by atoms with Crippen molar-refractivity contribution in [2.45, 2.75) is 0 Å². The minimum absolute atomic E-state index is 0.0768. The van der Waals surface area contributed by atoms with Crippen LogP contribution >= 0.6 is 28.1 Å². The second-order valence-electron chi connectivity index (χ2n) is 6.61. The van der Waals surface area contributed by atoms with Gasteiger partial charge in [0, 0.05) is 22.4 Å². The maximum absolute atomic E-state index is 12.3. The van der Waals surface area contributed by atoms with Crippen molar-refractivity contribution in [2.75, 3.05) is 12.4 Å². The summed E-state index contributed by atoms with van der Waals surface area (Å²) in [6, 6.07) is 19.9. The van der Waals surface area contributed by atoms with Crippen LogP contribution in [0.1, 0.15) is 31.1 Å². The van der Waals surface area contributed by atoms with Gasteiger partial charge in [-0.1, -0.05) is 18.2 Å². The number of carbonyl (C=O) groups is 3. The molecule has 0 aromatic heterocycles. The summed E-state index contributed by atoms with van der Waals surface area (Å²) in [6.07, 6.45) is 0.